The Bertz CT molecular complexity index is 950. The van der Waals surface area contributed by atoms with Gasteiger partial charge in [-0.1, -0.05) is 41.8 Å². The lowest BCUT2D eigenvalue weighted by Gasteiger charge is -2.15. The van der Waals surface area contributed by atoms with E-state index in [0.29, 0.717) is 41.2 Å². The van der Waals surface area contributed by atoms with Gasteiger partial charge in [0.15, 0.2) is 11.5 Å². The van der Waals surface area contributed by atoms with Crippen molar-refractivity contribution in [1.29, 1.82) is 0 Å². The Morgan fingerprint density at radius 2 is 1.90 bits per heavy atom. The highest BCUT2D eigenvalue weighted by molar-refractivity contribution is 6.31. The second kappa shape index (κ2) is 10.1. The van der Waals surface area contributed by atoms with Crippen LogP contribution >= 0.6 is 11.6 Å². The first-order valence-electron chi connectivity index (χ1n) is 9.43. The van der Waals surface area contributed by atoms with Crippen LogP contribution in [0.2, 0.25) is 5.02 Å². The normalized spacial score (nSPS) is 10.8. The molecule has 0 spiro atoms. The van der Waals surface area contributed by atoms with Gasteiger partial charge in [-0.05, 0) is 41.5 Å². The number of nitrogens with zero attached hydrogens (tertiary/aromatic N) is 4. The maximum Gasteiger partial charge on any atom is 0.243 e. The molecule has 0 saturated heterocycles. The maximum absolute atomic E-state index is 13.8. The van der Waals surface area contributed by atoms with Crippen molar-refractivity contribution in [2.45, 2.75) is 40.0 Å². The maximum atomic E-state index is 13.8. The van der Waals surface area contributed by atoms with Crippen LogP contribution < -0.4 is 14.8 Å². The zero-order valence-corrected chi connectivity index (χ0v) is 17.1. The molecule has 0 fully saturated rings. The minimum absolute atomic E-state index is 0.0759. The predicted octanol–water partition coefficient (Wildman–Crippen LogP) is 4.47. The van der Waals surface area contributed by atoms with Crippen molar-refractivity contribution in [3.05, 3.63) is 58.4 Å². The Labute approximate surface area is 173 Å². The van der Waals surface area contributed by atoms with Gasteiger partial charge in [-0.25, -0.2) is 9.07 Å². The Morgan fingerprint density at radius 3 is 2.66 bits per heavy atom. The molecule has 0 aliphatic rings. The van der Waals surface area contributed by atoms with E-state index in [1.807, 2.05) is 13.0 Å². The number of anilines is 1. The van der Waals surface area contributed by atoms with Gasteiger partial charge in [-0.3, -0.25) is 0 Å². The lowest BCUT2D eigenvalue weighted by molar-refractivity contribution is 0.265. The average Bonchev–Trinajstić information content (AvgIpc) is 3.15. The molecular formula is C20H23ClFN5O2. The first kappa shape index (κ1) is 20.9. The first-order valence-corrected chi connectivity index (χ1v) is 9.81. The summed E-state index contributed by atoms with van der Waals surface area (Å²) in [5.74, 6) is 1.25. The number of aromatic nitrogens is 4. The van der Waals surface area contributed by atoms with Crippen molar-refractivity contribution in [3.8, 4) is 11.5 Å². The molecule has 1 aromatic heterocycles. The van der Waals surface area contributed by atoms with E-state index in [2.05, 4.69) is 27.8 Å². The first-order chi connectivity index (χ1) is 14.1. The molecule has 1 N–H and O–H groups in total. The zero-order valence-electron chi connectivity index (χ0n) is 16.4. The minimum atomic E-state index is -0.317. The van der Waals surface area contributed by atoms with Gasteiger partial charge in [0.05, 0.1) is 6.61 Å². The number of benzene rings is 2. The number of halogens is 2. The van der Waals surface area contributed by atoms with Crippen molar-refractivity contribution in [1.82, 2.24) is 20.2 Å². The number of nitrogens with one attached hydrogen (secondary N) is 1. The monoisotopic (exact) mass is 419 g/mol. The molecule has 0 radical (unpaired) electrons. The van der Waals surface area contributed by atoms with Crippen LogP contribution in [0.15, 0.2) is 36.4 Å². The van der Waals surface area contributed by atoms with E-state index >= 15 is 0 Å². The molecule has 0 aliphatic heterocycles. The molecule has 3 rings (SSSR count). The molecule has 0 atom stereocenters. The number of hydrogen-bond donors (Lipinski definition) is 1. The SMILES string of the molecule is CCCn1nnnc1NCc1cc(OCC)c(OCc2ccccc2F)cc1Cl. The highest BCUT2D eigenvalue weighted by Crippen LogP contribution is 2.34. The fourth-order valence-electron chi connectivity index (χ4n) is 2.73. The molecule has 9 heteroatoms. The van der Waals surface area contributed by atoms with E-state index in [1.54, 1.807) is 28.9 Å². The smallest absolute Gasteiger partial charge is 0.243 e. The van der Waals surface area contributed by atoms with Gasteiger partial charge in [0.2, 0.25) is 5.95 Å². The summed E-state index contributed by atoms with van der Waals surface area (Å²) in [4.78, 5) is 0. The second-order valence-corrected chi connectivity index (χ2v) is 6.69. The van der Waals surface area contributed by atoms with Gasteiger partial charge in [0, 0.05) is 29.7 Å². The molecule has 154 valence electrons. The topological polar surface area (TPSA) is 74.1 Å². The molecule has 0 aliphatic carbocycles. The van der Waals surface area contributed by atoms with E-state index in [4.69, 9.17) is 21.1 Å². The largest absolute Gasteiger partial charge is 0.490 e. The molecule has 0 saturated carbocycles. The summed E-state index contributed by atoms with van der Waals surface area (Å²) in [5.41, 5.74) is 1.26. The number of rotatable bonds is 10. The molecule has 7 nitrogen and oxygen atoms in total. The van der Waals surface area contributed by atoms with Crippen LogP contribution in [0, 0.1) is 5.82 Å². The predicted molar refractivity (Wildman–Crippen MR) is 109 cm³/mol. The van der Waals surface area contributed by atoms with Crippen LogP contribution in [0.4, 0.5) is 10.3 Å². The van der Waals surface area contributed by atoms with Crippen LogP contribution in [0.3, 0.4) is 0 Å². The van der Waals surface area contributed by atoms with E-state index in [1.165, 1.54) is 6.07 Å². The Hall–Kier alpha value is -2.87. The number of tetrazole rings is 1. The van der Waals surface area contributed by atoms with Crippen molar-refractivity contribution in [2.24, 2.45) is 0 Å². The minimum Gasteiger partial charge on any atom is -0.490 e. The third kappa shape index (κ3) is 5.35. The van der Waals surface area contributed by atoms with Crippen LogP contribution in [0.5, 0.6) is 11.5 Å². The van der Waals surface area contributed by atoms with Gasteiger partial charge < -0.3 is 14.8 Å². The fraction of sp³-hybridized carbons (Fsp3) is 0.350. The molecule has 0 bridgehead atoms. The van der Waals surface area contributed by atoms with E-state index in [0.717, 1.165) is 18.5 Å². The molecule has 29 heavy (non-hydrogen) atoms. The third-order valence-electron chi connectivity index (χ3n) is 4.16. The Kier molecular flexibility index (Phi) is 7.24. The molecule has 2 aromatic carbocycles. The van der Waals surface area contributed by atoms with Crippen molar-refractivity contribution in [3.63, 3.8) is 0 Å². The summed E-state index contributed by atoms with van der Waals surface area (Å²) in [6.45, 7) is 5.60. The lowest BCUT2D eigenvalue weighted by atomic mass is 10.2. The van der Waals surface area contributed by atoms with Crippen LogP contribution in [-0.2, 0) is 19.7 Å². The third-order valence-corrected chi connectivity index (χ3v) is 4.51. The van der Waals surface area contributed by atoms with Gasteiger partial charge >= 0.3 is 0 Å². The lowest BCUT2D eigenvalue weighted by Crippen LogP contribution is -2.09. The number of ether oxygens (including phenoxy) is 2. The molecule has 3 aromatic rings. The van der Waals surface area contributed by atoms with Crippen molar-refractivity contribution in [2.75, 3.05) is 11.9 Å². The highest BCUT2D eigenvalue weighted by Gasteiger charge is 2.13. The quantitative estimate of drug-likeness (QED) is 0.522. The summed E-state index contributed by atoms with van der Waals surface area (Å²) < 4.78 is 27.0. The molecule has 1 heterocycles. The van der Waals surface area contributed by atoms with Crippen molar-refractivity contribution >= 4 is 17.5 Å². The summed E-state index contributed by atoms with van der Waals surface area (Å²) in [6, 6.07) is 9.97. The Balaban J connectivity index is 1.75. The summed E-state index contributed by atoms with van der Waals surface area (Å²) in [6.07, 6.45) is 0.920. The van der Waals surface area contributed by atoms with E-state index in [-0.39, 0.29) is 12.4 Å². The second-order valence-electron chi connectivity index (χ2n) is 6.28. The summed E-state index contributed by atoms with van der Waals surface area (Å²) in [5, 5.41) is 15.3. The number of aryl methyl sites for hydroxylation is 1. The van der Waals surface area contributed by atoms with Gasteiger partial charge in [0.1, 0.15) is 12.4 Å². The van der Waals surface area contributed by atoms with Crippen LogP contribution in [0.25, 0.3) is 0 Å². The molecule has 0 amide bonds. The van der Waals surface area contributed by atoms with E-state index < -0.39 is 0 Å². The van der Waals surface area contributed by atoms with Gasteiger partial charge in [-0.15, -0.1) is 0 Å². The summed E-state index contributed by atoms with van der Waals surface area (Å²) >= 11 is 6.45. The number of hydrogen-bond acceptors (Lipinski definition) is 6. The van der Waals surface area contributed by atoms with Crippen LogP contribution in [-0.4, -0.2) is 26.8 Å². The van der Waals surface area contributed by atoms with Gasteiger partial charge in [0.25, 0.3) is 0 Å². The zero-order chi connectivity index (χ0) is 20.6. The standard InChI is InChI=1S/C20H23ClFN5O2/c1-3-9-27-20(24-25-26-27)23-12-15-10-18(28-4-2)19(11-16(15)21)29-13-14-7-5-6-8-17(14)22/h5-8,10-11H,3-4,9,12-13H2,1-2H3,(H,23,24,26). The highest BCUT2D eigenvalue weighted by atomic mass is 35.5. The average molecular weight is 420 g/mol. The summed E-state index contributed by atoms with van der Waals surface area (Å²) in [7, 11) is 0. The molecule has 0 unspecified atom stereocenters. The van der Waals surface area contributed by atoms with Crippen molar-refractivity contribution < 1.29 is 13.9 Å². The van der Waals surface area contributed by atoms with Crippen LogP contribution in [0.1, 0.15) is 31.4 Å². The van der Waals surface area contributed by atoms with Gasteiger partial charge in [-0.2, -0.15) is 0 Å². The fourth-order valence-corrected chi connectivity index (χ4v) is 2.95. The van der Waals surface area contributed by atoms with E-state index in [9.17, 15) is 4.39 Å². The Morgan fingerprint density at radius 1 is 1.10 bits per heavy atom. The molecular weight excluding hydrogens is 397 g/mol.